The summed E-state index contributed by atoms with van der Waals surface area (Å²) >= 11 is 0. The Kier molecular flexibility index (Phi) is 7.33. The minimum absolute atomic E-state index is 0.0301. The molecule has 2 N–H and O–H groups in total. The molecule has 2 unspecified atom stereocenters. The molecule has 1 aliphatic heterocycles. The first-order chi connectivity index (χ1) is 16.9. The van der Waals surface area contributed by atoms with Crippen LogP contribution in [0.25, 0.3) is 11.1 Å². The molecule has 4 rings (SSSR count). The number of ether oxygens (including phenoxy) is 2. The molecule has 35 heavy (non-hydrogen) atoms. The van der Waals surface area contributed by atoms with Crippen molar-refractivity contribution in [3.8, 4) is 11.1 Å². The maximum Gasteiger partial charge on any atom is 0.407 e. The Balaban J connectivity index is 1.45. The van der Waals surface area contributed by atoms with Gasteiger partial charge in [0.1, 0.15) is 18.7 Å². The first-order valence-electron chi connectivity index (χ1n) is 11.6. The molecule has 2 aromatic carbocycles. The van der Waals surface area contributed by atoms with E-state index in [4.69, 9.17) is 9.47 Å². The smallest absolute Gasteiger partial charge is 0.407 e. The van der Waals surface area contributed by atoms with Crippen molar-refractivity contribution in [3.05, 3.63) is 59.7 Å². The zero-order valence-corrected chi connectivity index (χ0v) is 19.4. The van der Waals surface area contributed by atoms with Crippen molar-refractivity contribution in [2.24, 2.45) is 0 Å². The van der Waals surface area contributed by atoms with E-state index in [1.165, 1.54) is 12.0 Å². The summed E-state index contributed by atoms with van der Waals surface area (Å²) in [5, 5.41) is 11.7. The molecule has 0 bridgehead atoms. The number of esters is 1. The number of carbonyl (C=O) groups excluding carboxylic acids is 3. The van der Waals surface area contributed by atoms with Crippen molar-refractivity contribution in [2.75, 3.05) is 20.3 Å². The Bertz CT molecular complexity index is 1090. The average Bonchev–Trinajstić information content (AvgIpc) is 3.19. The van der Waals surface area contributed by atoms with Crippen molar-refractivity contribution in [3.63, 3.8) is 0 Å². The highest BCUT2D eigenvalue weighted by molar-refractivity contribution is 5.92. The molecule has 1 aliphatic carbocycles. The molecule has 0 aromatic heterocycles. The largest absolute Gasteiger partial charge is 0.481 e. The lowest BCUT2D eigenvalue weighted by molar-refractivity contribution is -0.156. The van der Waals surface area contributed by atoms with Gasteiger partial charge in [0.05, 0.1) is 13.5 Å². The van der Waals surface area contributed by atoms with Crippen LogP contribution >= 0.6 is 0 Å². The SMILES string of the molecule is COC(=O)C1CCCCN1C(=O)C(CC(=O)O)NC(=O)OCC1c2ccccc2-c2ccccc21. The molecule has 184 valence electrons. The van der Waals surface area contributed by atoms with E-state index in [0.717, 1.165) is 28.7 Å². The Hall–Kier alpha value is -3.88. The number of methoxy groups -OCH3 is 1. The lowest BCUT2D eigenvalue weighted by Gasteiger charge is -2.35. The van der Waals surface area contributed by atoms with Crippen LogP contribution in [0.4, 0.5) is 4.79 Å². The number of piperidine rings is 1. The molecule has 2 aromatic rings. The van der Waals surface area contributed by atoms with Gasteiger partial charge in [-0.05, 0) is 41.5 Å². The summed E-state index contributed by atoms with van der Waals surface area (Å²) in [6.45, 7) is 0.309. The van der Waals surface area contributed by atoms with Crippen molar-refractivity contribution in [1.82, 2.24) is 10.2 Å². The average molecular weight is 481 g/mol. The van der Waals surface area contributed by atoms with Crippen LogP contribution < -0.4 is 5.32 Å². The van der Waals surface area contributed by atoms with E-state index < -0.39 is 42.4 Å². The monoisotopic (exact) mass is 480 g/mol. The van der Waals surface area contributed by atoms with Crippen molar-refractivity contribution in [1.29, 1.82) is 0 Å². The van der Waals surface area contributed by atoms with Crippen molar-refractivity contribution >= 4 is 23.9 Å². The summed E-state index contributed by atoms with van der Waals surface area (Å²) in [6.07, 6.45) is 0.311. The molecular formula is C26H28N2O7. The lowest BCUT2D eigenvalue weighted by atomic mass is 9.98. The third-order valence-corrected chi connectivity index (χ3v) is 6.57. The molecule has 2 aliphatic rings. The predicted molar refractivity (Wildman–Crippen MR) is 126 cm³/mol. The number of hydrogen-bond donors (Lipinski definition) is 2. The van der Waals surface area contributed by atoms with Gasteiger partial charge in [0.15, 0.2) is 0 Å². The number of nitrogens with zero attached hydrogens (tertiary/aromatic N) is 1. The number of carboxylic acids is 1. The molecule has 9 heteroatoms. The van der Waals surface area contributed by atoms with Gasteiger partial charge in [0, 0.05) is 12.5 Å². The summed E-state index contributed by atoms with van der Waals surface area (Å²) in [6, 6.07) is 13.6. The topological polar surface area (TPSA) is 122 Å². The number of aliphatic carboxylic acids is 1. The molecule has 2 atom stereocenters. The highest BCUT2D eigenvalue weighted by Gasteiger charge is 2.38. The molecule has 0 spiro atoms. The minimum Gasteiger partial charge on any atom is -0.481 e. The number of rotatable bonds is 7. The normalized spacial score (nSPS) is 17.6. The van der Waals surface area contributed by atoms with Gasteiger partial charge in [0.2, 0.25) is 5.91 Å². The van der Waals surface area contributed by atoms with Gasteiger partial charge in [-0.15, -0.1) is 0 Å². The molecule has 9 nitrogen and oxygen atoms in total. The molecule has 2 amide bonds. The Labute approximate surface area is 203 Å². The zero-order valence-electron chi connectivity index (χ0n) is 19.4. The van der Waals surface area contributed by atoms with Crippen LogP contribution in [0.5, 0.6) is 0 Å². The van der Waals surface area contributed by atoms with Crippen molar-refractivity contribution < 1.29 is 33.8 Å². The number of hydrogen-bond acceptors (Lipinski definition) is 6. The molecule has 1 heterocycles. The van der Waals surface area contributed by atoms with Gasteiger partial charge in [-0.2, -0.15) is 0 Å². The number of carboxylic acid groups (broad SMARTS) is 1. The number of benzene rings is 2. The summed E-state index contributed by atoms with van der Waals surface area (Å²) in [5.74, 6) is -2.63. The third kappa shape index (κ3) is 5.13. The first kappa shape index (κ1) is 24.3. The highest BCUT2D eigenvalue weighted by atomic mass is 16.5. The summed E-state index contributed by atoms with van der Waals surface area (Å²) in [4.78, 5) is 50.7. The second-order valence-electron chi connectivity index (χ2n) is 8.69. The van der Waals surface area contributed by atoms with Crippen LogP contribution in [0.2, 0.25) is 0 Å². The number of likely N-dealkylation sites (tertiary alicyclic amines) is 1. The van der Waals surface area contributed by atoms with Gasteiger partial charge >= 0.3 is 18.0 Å². The minimum atomic E-state index is -1.37. The fourth-order valence-corrected chi connectivity index (χ4v) is 4.93. The van der Waals surface area contributed by atoms with Crippen LogP contribution in [-0.2, 0) is 23.9 Å². The predicted octanol–water partition coefficient (Wildman–Crippen LogP) is 2.92. The molecular weight excluding hydrogens is 452 g/mol. The first-order valence-corrected chi connectivity index (χ1v) is 11.6. The Morgan fingerprint density at radius 2 is 1.66 bits per heavy atom. The highest BCUT2D eigenvalue weighted by Crippen LogP contribution is 2.44. The second kappa shape index (κ2) is 10.6. The second-order valence-corrected chi connectivity index (χ2v) is 8.69. The van der Waals surface area contributed by atoms with E-state index in [1.54, 1.807) is 0 Å². The van der Waals surface area contributed by atoms with E-state index in [2.05, 4.69) is 5.32 Å². The quantitative estimate of drug-likeness (QED) is 0.584. The van der Waals surface area contributed by atoms with Gasteiger partial charge in [-0.3, -0.25) is 9.59 Å². The molecule has 1 saturated heterocycles. The van der Waals surface area contributed by atoms with Crippen LogP contribution in [0.15, 0.2) is 48.5 Å². The number of alkyl carbamates (subject to hydrolysis) is 1. The maximum absolute atomic E-state index is 13.2. The van der Waals surface area contributed by atoms with Gasteiger partial charge in [-0.25, -0.2) is 9.59 Å². The molecule has 0 radical (unpaired) electrons. The summed E-state index contributed by atoms with van der Waals surface area (Å²) in [5.41, 5.74) is 4.23. The van der Waals surface area contributed by atoms with E-state index in [9.17, 15) is 24.3 Å². The molecule has 0 saturated carbocycles. The third-order valence-electron chi connectivity index (χ3n) is 6.57. The summed E-state index contributed by atoms with van der Waals surface area (Å²) in [7, 11) is 1.24. The van der Waals surface area contributed by atoms with E-state index in [-0.39, 0.29) is 19.1 Å². The number of fused-ring (bicyclic) bond motifs is 3. The van der Waals surface area contributed by atoms with E-state index >= 15 is 0 Å². The Morgan fingerprint density at radius 1 is 1.03 bits per heavy atom. The number of carbonyl (C=O) groups is 4. The fourth-order valence-electron chi connectivity index (χ4n) is 4.93. The van der Waals surface area contributed by atoms with Crippen LogP contribution in [0.3, 0.4) is 0 Å². The Morgan fingerprint density at radius 3 is 2.26 bits per heavy atom. The molecule has 1 fully saturated rings. The van der Waals surface area contributed by atoms with Crippen LogP contribution in [0.1, 0.15) is 42.7 Å². The van der Waals surface area contributed by atoms with Crippen molar-refractivity contribution in [2.45, 2.75) is 43.7 Å². The van der Waals surface area contributed by atoms with Gasteiger partial charge in [0.25, 0.3) is 0 Å². The summed E-state index contributed by atoms with van der Waals surface area (Å²) < 4.78 is 10.3. The number of nitrogens with one attached hydrogen (secondary N) is 1. The van der Waals surface area contributed by atoms with E-state index in [0.29, 0.717) is 12.8 Å². The van der Waals surface area contributed by atoms with Gasteiger partial charge < -0.3 is 24.8 Å². The van der Waals surface area contributed by atoms with Crippen LogP contribution in [0, 0.1) is 0 Å². The standard InChI is InChI=1S/C26H28N2O7/c1-34-25(32)22-12-6-7-13-28(22)24(31)21(14-23(29)30)27-26(33)35-15-20-18-10-4-2-8-16(18)17-9-3-5-11-19(17)20/h2-5,8-11,20-22H,6-7,12-15H2,1H3,(H,27,33)(H,29,30). The number of amides is 2. The maximum atomic E-state index is 13.2. The fraction of sp³-hybridized carbons (Fsp3) is 0.385. The van der Waals surface area contributed by atoms with Gasteiger partial charge in [-0.1, -0.05) is 48.5 Å². The van der Waals surface area contributed by atoms with Crippen LogP contribution in [-0.4, -0.2) is 66.3 Å². The van der Waals surface area contributed by atoms with E-state index in [1.807, 2.05) is 48.5 Å². The lowest BCUT2D eigenvalue weighted by Crippen LogP contribution is -2.56. The zero-order chi connectivity index (χ0) is 24.9.